The molecule has 7 heteroatoms. The molecule has 1 saturated carbocycles. The second-order valence-electron chi connectivity index (χ2n) is 8.02. The van der Waals surface area contributed by atoms with Crippen LogP contribution in [0.2, 0.25) is 0 Å². The minimum atomic E-state index is -0.529. The fraction of sp³-hybridized carbons (Fsp3) is 0.154. The number of carbonyl (C=O) groups is 1. The van der Waals surface area contributed by atoms with Crippen LogP contribution in [0.25, 0.3) is 28.0 Å². The van der Waals surface area contributed by atoms with Crippen molar-refractivity contribution in [1.82, 2.24) is 14.7 Å². The number of hydrogen-bond acceptors (Lipinski definition) is 4. The van der Waals surface area contributed by atoms with Crippen LogP contribution in [0, 0.1) is 28.5 Å². The molecular weight excluding hydrogens is 417 g/mol. The first kappa shape index (κ1) is 20.4. The van der Waals surface area contributed by atoms with E-state index < -0.39 is 5.82 Å². The van der Waals surface area contributed by atoms with Crippen molar-refractivity contribution < 1.29 is 9.18 Å². The molecule has 1 fully saturated rings. The van der Waals surface area contributed by atoms with Crippen molar-refractivity contribution in [3.63, 3.8) is 0 Å². The number of pyridine rings is 1. The molecule has 2 heterocycles. The number of rotatable bonds is 4. The number of carbonyl (C=O) groups excluding carboxylic acids is 1. The van der Waals surface area contributed by atoms with E-state index in [1.54, 1.807) is 59.1 Å². The topological polar surface area (TPSA) is 94.0 Å². The molecular formula is C26H18FN5O. The molecule has 0 bridgehead atoms. The Hall–Kier alpha value is -4.49. The number of benzene rings is 2. The Bertz CT molecular complexity index is 1490. The number of nitrogens with zero attached hydrogens (tertiary/aromatic N) is 4. The highest BCUT2D eigenvalue weighted by molar-refractivity contribution is 5.95. The Kier molecular flexibility index (Phi) is 5.08. The molecule has 1 aliphatic carbocycles. The normalized spacial score (nSPS) is 13.2. The third-order valence-corrected chi connectivity index (χ3v) is 6.01. The average Bonchev–Trinajstić information content (AvgIpc) is 3.18. The molecule has 4 aromatic rings. The lowest BCUT2D eigenvalue weighted by molar-refractivity contribution is 0.0917. The third-order valence-electron chi connectivity index (χ3n) is 6.01. The van der Waals surface area contributed by atoms with Crippen LogP contribution in [0.15, 0.2) is 60.8 Å². The van der Waals surface area contributed by atoms with Gasteiger partial charge in [0.1, 0.15) is 23.2 Å². The van der Waals surface area contributed by atoms with Gasteiger partial charge in [-0.2, -0.15) is 10.5 Å². The Balaban J connectivity index is 1.61. The highest BCUT2D eigenvalue weighted by atomic mass is 19.1. The molecule has 160 valence electrons. The molecule has 1 amide bonds. The zero-order chi connectivity index (χ0) is 22.9. The van der Waals surface area contributed by atoms with Crippen molar-refractivity contribution >= 4 is 11.6 Å². The van der Waals surface area contributed by atoms with Crippen molar-refractivity contribution in [2.45, 2.75) is 25.3 Å². The van der Waals surface area contributed by atoms with Gasteiger partial charge in [-0.25, -0.2) is 9.37 Å². The number of fused-ring (bicyclic) bond motifs is 1. The monoisotopic (exact) mass is 435 g/mol. The van der Waals surface area contributed by atoms with Crippen LogP contribution in [0.4, 0.5) is 4.39 Å². The SMILES string of the molecule is N#Cc1ccc(-c2ccccc2-c2nc3cc(C(=O)NC4CCC4)ccn3c2C#N)c(F)c1. The van der Waals surface area contributed by atoms with E-state index in [0.717, 1.165) is 19.3 Å². The zero-order valence-electron chi connectivity index (χ0n) is 17.5. The summed E-state index contributed by atoms with van der Waals surface area (Å²) in [5, 5.41) is 21.9. The molecule has 0 unspecified atom stereocenters. The number of imidazole rings is 1. The fourth-order valence-electron chi connectivity index (χ4n) is 4.03. The summed E-state index contributed by atoms with van der Waals surface area (Å²) in [4.78, 5) is 17.2. The van der Waals surface area contributed by atoms with Crippen LogP contribution in [-0.2, 0) is 0 Å². The Labute approximate surface area is 189 Å². The summed E-state index contributed by atoms with van der Waals surface area (Å²) in [6, 6.07) is 19.1. The summed E-state index contributed by atoms with van der Waals surface area (Å²) in [6.45, 7) is 0. The third kappa shape index (κ3) is 3.60. The van der Waals surface area contributed by atoms with E-state index in [9.17, 15) is 14.4 Å². The first-order valence-corrected chi connectivity index (χ1v) is 10.6. The standard InChI is InChI=1S/C26H18FN5O/c27-22-12-16(14-28)8-9-20(22)19-6-1-2-7-21(19)25-23(15-29)32-11-10-17(13-24(32)31-25)26(33)30-18-4-3-5-18/h1-2,6-13,18H,3-5H2,(H,30,33). The molecule has 33 heavy (non-hydrogen) atoms. The van der Waals surface area contributed by atoms with Crippen LogP contribution in [0.5, 0.6) is 0 Å². The van der Waals surface area contributed by atoms with E-state index in [1.807, 2.05) is 6.07 Å². The van der Waals surface area contributed by atoms with E-state index in [1.165, 1.54) is 6.07 Å². The number of halogens is 1. The number of amides is 1. The molecule has 2 aromatic carbocycles. The highest BCUT2D eigenvalue weighted by Gasteiger charge is 2.22. The van der Waals surface area contributed by atoms with Crippen LogP contribution in [-0.4, -0.2) is 21.3 Å². The summed E-state index contributed by atoms with van der Waals surface area (Å²) in [6.07, 6.45) is 4.76. The van der Waals surface area contributed by atoms with Crippen molar-refractivity contribution in [1.29, 1.82) is 10.5 Å². The van der Waals surface area contributed by atoms with Crippen molar-refractivity contribution in [3.8, 4) is 34.5 Å². The maximum Gasteiger partial charge on any atom is 0.251 e. The number of nitrogens with one attached hydrogen (secondary N) is 1. The minimum absolute atomic E-state index is 0.162. The van der Waals surface area contributed by atoms with Crippen molar-refractivity contribution in [3.05, 3.63) is 83.4 Å². The maximum absolute atomic E-state index is 14.8. The maximum atomic E-state index is 14.8. The van der Waals surface area contributed by atoms with Gasteiger partial charge in [0.15, 0.2) is 5.69 Å². The molecule has 5 rings (SSSR count). The van der Waals surface area contributed by atoms with Gasteiger partial charge in [-0.1, -0.05) is 30.3 Å². The lowest BCUT2D eigenvalue weighted by Gasteiger charge is -2.26. The van der Waals surface area contributed by atoms with Crippen LogP contribution in [0.1, 0.15) is 40.9 Å². The van der Waals surface area contributed by atoms with E-state index in [4.69, 9.17) is 5.26 Å². The van der Waals surface area contributed by atoms with Crippen LogP contribution < -0.4 is 5.32 Å². The molecule has 2 aromatic heterocycles. The first-order valence-electron chi connectivity index (χ1n) is 10.6. The van der Waals surface area contributed by atoms with Crippen molar-refractivity contribution in [2.75, 3.05) is 0 Å². The Morgan fingerprint density at radius 2 is 1.82 bits per heavy atom. The van der Waals surface area contributed by atoms with Gasteiger partial charge in [0, 0.05) is 28.9 Å². The Morgan fingerprint density at radius 3 is 2.48 bits per heavy atom. The minimum Gasteiger partial charge on any atom is -0.349 e. The quantitative estimate of drug-likeness (QED) is 0.497. The molecule has 0 saturated heterocycles. The van der Waals surface area contributed by atoms with Crippen LogP contribution in [0.3, 0.4) is 0 Å². The van der Waals surface area contributed by atoms with Gasteiger partial charge >= 0.3 is 0 Å². The van der Waals surface area contributed by atoms with E-state index in [2.05, 4.69) is 16.4 Å². The van der Waals surface area contributed by atoms with Gasteiger partial charge in [-0.15, -0.1) is 0 Å². The van der Waals surface area contributed by atoms with Gasteiger partial charge in [0.25, 0.3) is 5.91 Å². The molecule has 1 N–H and O–H groups in total. The molecule has 6 nitrogen and oxygen atoms in total. The average molecular weight is 435 g/mol. The largest absolute Gasteiger partial charge is 0.349 e. The van der Waals surface area contributed by atoms with Gasteiger partial charge < -0.3 is 5.32 Å². The lowest BCUT2D eigenvalue weighted by Crippen LogP contribution is -2.39. The number of aromatic nitrogens is 2. The van der Waals surface area contributed by atoms with Crippen LogP contribution >= 0.6 is 0 Å². The summed E-state index contributed by atoms with van der Waals surface area (Å²) in [5.74, 6) is -0.691. The summed E-state index contributed by atoms with van der Waals surface area (Å²) >= 11 is 0. The molecule has 0 spiro atoms. The molecule has 0 aliphatic heterocycles. The predicted molar refractivity (Wildman–Crippen MR) is 121 cm³/mol. The first-order chi connectivity index (χ1) is 16.1. The molecule has 1 aliphatic rings. The van der Waals surface area contributed by atoms with Gasteiger partial charge in [-0.3, -0.25) is 9.20 Å². The fourth-order valence-corrected chi connectivity index (χ4v) is 4.03. The Morgan fingerprint density at radius 1 is 1.03 bits per heavy atom. The smallest absolute Gasteiger partial charge is 0.251 e. The highest BCUT2D eigenvalue weighted by Crippen LogP contribution is 2.35. The van der Waals surface area contributed by atoms with Gasteiger partial charge in [0.2, 0.25) is 0 Å². The summed E-state index contributed by atoms with van der Waals surface area (Å²) < 4.78 is 16.4. The predicted octanol–water partition coefficient (Wildman–Crippen LogP) is 4.83. The lowest BCUT2D eigenvalue weighted by atomic mass is 9.93. The summed E-state index contributed by atoms with van der Waals surface area (Å²) in [5.41, 5.74) is 3.30. The van der Waals surface area contributed by atoms with Gasteiger partial charge in [-0.05, 0) is 49.1 Å². The van der Waals surface area contributed by atoms with Crippen molar-refractivity contribution in [2.24, 2.45) is 0 Å². The van der Waals surface area contributed by atoms with E-state index in [-0.39, 0.29) is 23.2 Å². The molecule has 0 radical (unpaired) electrons. The second-order valence-corrected chi connectivity index (χ2v) is 8.02. The number of nitriles is 2. The van der Waals surface area contributed by atoms with Gasteiger partial charge in [0.05, 0.1) is 11.6 Å². The second kappa shape index (κ2) is 8.22. The van der Waals surface area contributed by atoms with E-state index >= 15 is 0 Å². The zero-order valence-corrected chi connectivity index (χ0v) is 17.5. The summed E-state index contributed by atoms with van der Waals surface area (Å²) in [7, 11) is 0. The molecule has 0 atom stereocenters. The number of hydrogen-bond donors (Lipinski definition) is 1. The van der Waals surface area contributed by atoms with E-state index in [0.29, 0.717) is 33.6 Å².